The number of carbonyl (C=O) groups excluding carboxylic acids is 2. The Hall–Kier alpha value is -2.08. The predicted molar refractivity (Wildman–Crippen MR) is 94.5 cm³/mol. The number of nitrogens with zero attached hydrogens (tertiary/aromatic N) is 1. The van der Waals surface area contributed by atoms with E-state index in [-0.39, 0.29) is 30.9 Å². The third kappa shape index (κ3) is 4.12. The number of hydrogen-bond acceptors (Lipinski definition) is 4. The summed E-state index contributed by atoms with van der Waals surface area (Å²) >= 11 is 0. The summed E-state index contributed by atoms with van der Waals surface area (Å²) in [6.07, 6.45) is 3.46. The fourth-order valence-corrected chi connectivity index (χ4v) is 3.59. The molecule has 0 saturated heterocycles. The molecular weight excluding hydrogens is 320 g/mol. The number of anilines is 1. The van der Waals surface area contributed by atoms with Crippen LogP contribution in [0.2, 0.25) is 0 Å². The zero-order valence-corrected chi connectivity index (χ0v) is 14.6. The van der Waals surface area contributed by atoms with Crippen LogP contribution in [-0.2, 0) is 9.59 Å². The molecule has 3 rings (SSSR count). The Kier molecular flexibility index (Phi) is 5.58. The number of fused-ring (bicyclic) bond motifs is 1. The molecule has 1 aliphatic heterocycles. The summed E-state index contributed by atoms with van der Waals surface area (Å²) in [6.45, 7) is 2.31. The van der Waals surface area contributed by atoms with Crippen molar-refractivity contribution < 1.29 is 19.4 Å². The van der Waals surface area contributed by atoms with E-state index in [2.05, 4.69) is 5.32 Å². The maximum atomic E-state index is 12.4. The predicted octanol–water partition coefficient (Wildman–Crippen LogP) is 1.86. The van der Waals surface area contributed by atoms with Gasteiger partial charge in [0.2, 0.25) is 5.91 Å². The molecule has 6 heteroatoms. The van der Waals surface area contributed by atoms with Crippen molar-refractivity contribution in [2.24, 2.45) is 5.92 Å². The number of aliphatic hydroxyl groups excluding tert-OH is 1. The van der Waals surface area contributed by atoms with E-state index < -0.39 is 6.10 Å². The summed E-state index contributed by atoms with van der Waals surface area (Å²) in [5.74, 6) is 0.904. The minimum Gasteiger partial charge on any atom is -0.479 e. The van der Waals surface area contributed by atoms with Gasteiger partial charge in [-0.3, -0.25) is 9.59 Å². The van der Waals surface area contributed by atoms with Crippen molar-refractivity contribution in [1.82, 2.24) is 5.32 Å². The Morgan fingerprint density at radius 1 is 1.28 bits per heavy atom. The van der Waals surface area contributed by atoms with E-state index in [1.165, 1.54) is 0 Å². The lowest BCUT2D eigenvalue weighted by molar-refractivity contribution is -0.125. The van der Waals surface area contributed by atoms with Gasteiger partial charge in [0.25, 0.3) is 5.91 Å². The van der Waals surface area contributed by atoms with E-state index in [0.29, 0.717) is 18.2 Å². The molecule has 1 aliphatic carbocycles. The number of ether oxygens (including phenoxy) is 1. The summed E-state index contributed by atoms with van der Waals surface area (Å²) in [7, 11) is 0. The fourth-order valence-electron chi connectivity index (χ4n) is 3.59. The molecular formula is C19H26N2O4. The van der Waals surface area contributed by atoms with Gasteiger partial charge in [-0.25, -0.2) is 0 Å². The van der Waals surface area contributed by atoms with Crippen LogP contribution in [-0.4, -0.2) is 42.2 Å². The van der Waals surface area contributed by atoms with Crippen molar-refractivity contribution in [2.45, 2.75) is 51.2 Å². The molecule has 25 heavy (non-hydrogen) atoms. The van der Waals surface area contributed by atoms with Crippen LogP contribution < -0.4 is 15.0 Å². The number of amides is 2. The van der Waals surface area contributed by atoms with Crippen molar-refractivity contribution in [2.75, 3.05) is 18.1 Å². The highest BCUT2D eigenvalue weighted by Gasteiger charge is 2.31. The molecule has 136 valence electrons. The molecule has 2 N–H and O–H groups in total. The fraction of sp³-hybridized carbons (Fsp3) is 0.579. The zero-order chi connectivity index (χ0) is 17.8. The number of carbonyl (C=O) groups is 2. The maximum Gasteiger partial charge on any atom is 0.267 e. The largest absolute Gasteiger partial charge is 0.479 e. The normalized spacial score (nSPS) is 25.9. The van der Waals surface area contributed by atoms with Gasteiger partial charge in [-0.05, 0) is 50.7 Å². The van der Waals surface area contributed by atoms with Crippen molar-refractivity contribution in [3.8, 4) is 5.75 Å². The van der Waals surface area contributed by atoms with Crippen LogP contribution in [0.4, 0.5) is 5.69 Å². The topological polar surface area (TPSA) is 78.9 Å². The number of rotatable bonds is 5. The Labute approximate surface area is 148 Å². The molecule has 1 fully saturated rings. The number of nitrogens with one attached hydrogen (secondary N) is 1. The molecule has 1 heterocycles. The monoisotopic (exact) mass is 346 g/mol. The lowest BCUT2D eigenvalue weighted by Gasteiger charge is -2.33. The minimum absolute atomic E-state index is 0.0307. The van der Waals surface area contributed by atoms with Gasteiger partial charge in [0.1, 0.15) is 5.75 Å². The average molecular weight is 346 g/mol. The molecule has 1 aromatic rings. The van der Waals surface area contributed by atoms with Gasteiger partial charge >= 0.3 is 0 Å². The Morgan fingerprint density at radius 2 is 2.00 bits per heavy atom. The summed E-state index contributed by atoms with van der Waals surface area (Å²) in [5, 5.41) is 12.2. The second-order valence-corrected chi connectivity index (χ2v) is 6.94. The van der Waals surface area contributed by atoms with E-state index in [4.69, 9.17) is 4.74 Å². The number of aliphatic hydroxyl groups is 1. The summed E-state index contributed by atoms with van der Waals surface area (Å²) in [4.78, 5) is 26.3. The van der Waals surface area contributed by atoms with E-state index in [9.17, 15) is 14.7 Å². The summed E-state index contributed by atoms with van der Waals surface area (Å²) in [6, 6.07) is 7.59. The van der Waals surface area contributed by atoms with Crippen LogP contribution in [0, 0.1) is 5.92 Å². The first-order chi connectivity index (χ1) is 12.1. The second kappa shape index (κ2) is 7.87. The highest BCUT2D eigenvalue weighted by Crippen LogP contribution is 2.33. The third-order valence-electron chi connectivity index (χ3n) is 5.11. The molecule has 0 bridgehead atoms. The minimum atomic E-state index is -0.535. The van der Waals surface area contributed by atoms with Gasteiger partial charge in [-0.15, -0.1) is 0 Å². The maximum absolute atomic E-state index is 12.4. The summed E-state index contributed by atoms with van der Waals surface area (Å²) in [5.41, 5.74) is 0.724. The second-order valence-electron chi connectivity index (χ2n) is 6.94. The summed E-state index contributed by atoms with van der Waals surface area (Å²) < 4.78 is 5.61. The van der Waals surface area contributed by atoms with E-state index in [0.717, 1.165) is 31.4 Å². The first-order valence-corrected chi connectivity index (χ1v) is 9.05. The molecule has 1 saturated carbocycles. The molecule has 0 aromatic heterocycles. The number of hydrogen-bond donors (Lipinski definition) is 2. The van der Waals surface area contributed by atoms with Crippen molar-refractivity contribution in [3.63, 3.8) is 0 Å². The van der Waals surface area contributed by atoms with Crippen molar-refractivity contribution in [3.05, 3.63) is 24.3 Å². The molecule has 0 unspecified atom stereocenters. The van der Waals surface area contributed by atoms with Crippen molar-refractivity contribution >= 4 is 17.5 Å². The first kappa shape index (κ1) is 17.7. The molecule has 1 atom stereocenters. The Bertz CT molecular complexity index is 626. The van der Waals surface area contributed by atoms with Crippen LogP contribution in [0.3, 0.4) is 0 Å². The highest BCUT2D eigenvalue weighted by atomic mass is 16.5. The van der Waals surface area contributed by atoms with Crippen LogP contribution in [0.5, 0.6) is 5.75 Å². The van der Waals surface area contributed by atoms with Crippen LogP contribution in [0.15, 0.2) is 24.3 Å². The SMILES string of the molecule is C[C@H]1Oc2ccccc2N(CCC(=O)NC2CCC(CO)CC2)C1=O. The Balaban J connectivity index is 1.54. The lowest BCUT2D eigenvalue weighted by atomic mass is 9.86. The molecule has 2 aliphatic rings. The van der Waals surface area contributed by atoms with E-state index >= 15 is 0 Å². The lowest BCUT2D eigenvalue weighted by Crippen LogP contribution is -2.46. The van der Waals surface area contributed by atoms with Crippen molar-refractivity contribution in [1.29, 1.82) is 0 Å². The molecule has 0 radical (unpaired) electrons. The van der Waals surface area contributed by atoms with Crippen LogP contribution in [0.1, 0.15) is 39.0 Å². The van der Waals surface area contributed by atoms with E-state index in [1.807, 2.05) is 24.3 Å². The van der Waals surface area contributed by atoms with Gasteiger partial charge in [0, 0.05) is 25.6 Å². The average Bonchev–Trinajstić information content (AvgIpc) is 2.63. The quantitative estimate of drug-likeness (QED) is 0.853. The van der Waals surface area contributed by atoms with Gasteiger partial charge in [-0.2, -0.15) is 0 Å². The number of para-hydroxylation sites is 2. The highest BCUT2D eigenvalue weighted by molar-refractivity contribution is 6.00. The van der Waals surface area contributed by atoms with Gasteiger partial charge in [0.15, 0.2) is 6.10 Å². The van der Waals surface area contributed by atoms with Gasteiger partial charge < -0.3 is 20.1 Å². The molecule has 2 amide bonds. The van der Waals surface area contributed by atoms with E-state index in [1.54, 1.807) is 11.8 Å². The van der Waals surface area contributed by atoms with Gasteiger partial charge in [-0.1, -0.05) is 12.1 Å². The van der Waals surface area contributed by atoms with Crippen LogP contribution >= 0.6 is 0 Å². The zero-order valence-electron chi connectivity index (χ0n) is 14.6. The standard InChI is InChI=1S/C19H26N2O4/c1-13-19(24)21(16-4-2-3-5-17(16)25-13)11-10-18(23)20-15-8-6-14(12-22)7-9-15/h2-5,13-15,22H,6-12H2,1H3,(H,20,23)/t13-,14?,15?/m1/s1. The van der Waals surface area contributed by atoms with Crippen LogP contribution in [0.25, 0.3) is 0 Å². The molecule has 6 nitrogen and oxygen atoms in total. The third-order valence-corrected chi connectivity index (χ3v) is 5.11. The Morgan fingerprint density at radius 3 is 2.72 bits per heavy atom. The first-order valence-electron chi connectivity index (χ1n) is 9.05. The molecule has 1 aromatic carbocycles. The van der Waals surface area contributed by atoms with Gasteiger partial charge in [0.05, 0.1) is 5.69 Å². The smallest absolute Gasteiger partial charge is 0.267 e. The number of benzene rings is 1. The molecule has 0 spiro atoms.